The van der Waals surface area contributed by atoms with Crippen LogP contribution >= 0.6 is 0 Å². The Morgan fingerprint density at radius 2 is 2.27 bits per heavy atom. The standard InChI is InChI=1S/C11H16N4/c1-2-10-13-14-11-9(5-3-7-12)6-4-8-15(10)11/h4,6,8H,2-3,5,7,12H2,1H3. The molecule has 0 aliphatic heterocycles. The normalized spacial score (nSPS) is 11.1. The maximum absolute atomic E-state index is 5.51. The van der Waals surface area contributed by atoms with Crippen molar-refractivity contribution in [1.82, 2.24) is 14.6 Å². The first-order valence-electron chi connectivity index (χ1n) is 5.38. The monoisotopic (exact) mass is 204 g/mol. The van der Waals surface area contributed by atoms with Crippen LogP contribution < -0.4 is 5.73 Å². The molecule has 4 heteroatoms. The summed E-state index contributed by atoms with van der Waals surface area (Å²) in [6.07, 6.45) is 4.89. The van der Waals surface area contributed by atoms with Gasteiger partial charge in [-0.3, -0.25) is 4.40 Å². The van der Waals surface area contributed by atoms with Crippen LogP contribution in [-0.4, -0.2) is 21.1 Å². The highest BCUT2D eigenvalue weighted by Crippen LogP contribution is 2.12. The van der Waals surface area contributed by atoms with E-state index in [2.05, 4.69) is 27.6 Å². The van der Waals surface area contributed by atoms with Crippen LogP contribution in [0.15, 0.2) is 18.3 Å². The Hall–Kier alpha value is -1.42. The molecule has 0 spiro atoms. The predicted molar refractivity (Wildman–Crippen MR) is 59.7 cm³/mol. The minimum atomic E-state index is 0.718. The van der Waals surface area contributed by atoms with Crippen molar-refractivity contribution in [2.45, 2.75) is 26.2 Å². The number of aromatic nitrogens is 3. The average Bonchev–Trinajstić information content (AvgIpc) is 2.69. The van der Waals surface area contributed by atoms with Crippen LogP contribution in [0.3, 0.4) is 0 Å². The van der Waals surface area contributed by atoms with Gasteiger partial charge in [0.05, 0.1) is 0 Å². The maximum Gasteiger partial charge on any atom is 0.163 e. The van der Waals surface area contributed by atoms with Crippen LogP contribution in [-0.2, 0) is 12.8 Å². The van der Waals surface area contributed by atoms with Crippen LogP contribution in [0, 0.1) is 0 Å². The topological polar surface area (TPSA) is 56.2 Å². The minimum absolute atomic E-state index is 0.718. The van der Waals surface area contributed by atoms with Gasteiger partial charge in [-0.05, 0) is 31.0 Å². The number of hydrogen-bond donors (Lipinski definition) is 1. The van der Waals surface area contributed by atoms with Crippen molar-refractivity contribution < 1.29 is 0 Å². The van der Waals surface area contributed by atoms with Crippen molar-refractivity contribution in [3.8, 4) is 0 Å². The second-order valence-electron chi connectivity index (χ2n) is 3.59. The summed E-state index contributed by atoms with van der Waals surface area (Å²) in [7, 11) is 0. The van der Waals surface area contributed by atoms with Crippen molar-refractivity contribution >= 4 is 5.65 Å². The third-order valence-electron chi connectivity index (χ3n) is 2.55. The van der Waals surface area contributed by atoms with Crippen molar-refractivity contribution in [2.24, 2.45) is 5.73 Å². The minimum Gasteiger partial charge on any atom is -0.330 e. The quantitative estimate of drug-likeness (QED) is 0.813. The van der Waals surface area contributed by atoms with Crippen molar-refractivity contribution in [3.63, 3.8) is 0 Å². The van der Waals surface area contributed by atoms with Gasteiger partial charge in [0.2, 0.25) is 0 Å². The maximum atomic E-state index is 5.51. The summed E-state index contributed by atoms with van der Waals surface area (Å²) in [6.45, 7) is 2.80. The second kappa shape index (κ2) is 4.40. The van der Waals surface area contributed by atoms with E-state index in [1.54, 1.807) is 0 Å². The van der Waals surface area contributed by atoms with Gasteiger partial charge in [-0.25, -0.2) is 0 Å². The van der Waals surface area contributed by atoms with E-state index in [0.717, 1.165) is 37.3 Å². The predicted octanol–water partition coefficient (Wildman–Crippen LogP) is 1.18. The number of nitrogens with zero attached hydrogens (tertiary/aromatic N) is 3. The van der Waals surface area contributed by atoms with Gasteiger partial charge < -0.3 is 5.73 Å². The molecule has 2 rings (SSSR count). The lowest BCUT2D eigenvalue weighted by atomic mass is 10.1. The molecule has 80 valence electrons. The molecule has 0 saturated carbocycles. The molecular formula is C11H16N4. The highest BCUT2D eigenvalue weighted by molar-refractivity contribution is 5.47. The summed E-state index contributed by atoms with van der Waals surface area (Å²) in [5.41, 5.74) is 7.72. The Balaban J connectivity index is 2.42. The van der Waals surface area contributed by atoms with Gasteiger partial charge in [-0.2, -0.15) is 0 Å². The number of rotatable bonds is 4. The Labute approximate surface area is 89.1 Å². The molecule has 0 bridgehead atoms. The summed E-state index contributed by atoms with van der Waals surface area (Å²) in [6, 6.07) is 4.14. The summed E-state index contributed by atoms with van der Waals surface area (Å²) < 4.78 is 2.06. The molecule has 0 saturated heterocycles. The number of aryl methyl sites for hydroxylation is 2. The third kappa shape index (κ3) is 1.85. The second-order valence-corrected chi connectivity index (χ2v) is 3.59. The van der Waals surface area contributed by atoms with Crippen LogP contribution in [0.4, 0.5) is 0 Å². The first kappa shape index (κ1) is 10.1. The molecule has 0 aliphatic rings. The zero-order valence-corrected chi connectivity index (χ0v) is 8.98. The molecule has 0 amide bonds. The zero-order valence-electron chi connectivity index (χ0n) is 8.98. The van der Waals surface area contributed by atoms with Crippen molar-refractivity contribution in [2.75, 3.05) is 6.54 Å². The zero-order chi connectivity index (χ0) is 10.7. The Kier molecular flexibility index (Phi) is 2.97. The molecule has 0 radical (unpaired) electrons. The Bertz CT molecular complexity index is 447. The van der Waals surface area contributed by atoms with E-state index < -0.39 is 0 Å². The number of hydrogen-bond acceptors (Lipinski definition) is 3. The molecule has 2 heterocycles. The van der Waals surface area contributed by atoms with Gasteiger partial charge in [0.25, 0.3) is 0 Å². The molecule has 0 aliphatic carbocycles. The number of pyridine rings is 1. The van der Waals surface area contributed by atoms with Gasteiger partial charge in [0.1, 0.15) is 5.82 Å². The van der Waals surface area contributed by atoms with Gasteiger partial charge in [-0.1, -0.05) is 13.0 Å². The Morgan fingerprint density at radius 1 is 1.40 bits per heavy atom. The molecule has 0 atom stereocenters. The molecule has 15 heavy (non-hydrogen) atoms. The van der Waals surface area contributed by atoms with E-state index in [1.165, 1.54) is 5.56 Å². The first-order valence-corrected chi connectivity index (χ1v) is 5.38. The molecule has 0 fully saturated rings. The SMILES string of the molecule is CCc1nnc2c(CCCN)cccn12. The lowest BCUT2D eigenvalue weighted by Gasteiger charge is -2.02. The summed E-state index contributed by atoms with van der Waals surface area (Å²) in [5.74, 6) is 1.01. The lowest BCUT2D eigenvalue weighted by Crippen LogP contribution is -2.02. The first-order chi connectivity index (χ1) is 7.36. The largest absolute Gasteiger partial charge is 0.330 e. The van der Waals surface area contributed by atoms with Crippen LogP contribution in [0.1, 0.15) is 24.7 Å². The van der Waals surface area contributed by atoms with Gasteiger partial charge >= 0.3 is 0 Å². The lowest BCUT2D eigenvalue weighted by molar-refractivity contribution is 0.830. The van der Waals surface area contributed by atoms with Crippen LogP contribution in [0.25, 0.3) is 5.65 Å². The smallest absolute Gasteiger partial charge is 0.163 e. The molecule has 0 unspecified atom stereocenters. The molecule has 2 aromatic heterocycles. The average molecular weight is 204 g/mol. The Morgan fingerprint density at radius 3 is 3.00 bits per heavy atom. The van der Waals surface area contributed by atoms with Gasteiger partial charge in [0.15, 0.2) is 5.65 Å². The highest BCUT2D eigenvalue weighted by atomic mass is 15.2. The molecule has 2 N–H and O–H groups in total. The van der Waals surface area contributed by atoms with E-state index in [4.69, 9.17) is 5.73 Å². The summed E-state index contributed by atoms with van der Waals surface area (Å²) in [4.78, 5) is 0. The van der Waals surface area contributed by atoms with E-state index in [0.29, 0.717) is 0 Å². The van der Waals surface area contributed by atoms with Crippen molar-refractivity contribution in [1.29, 1.82) is 0 Å². The van der Waals surface area contributed by atoms with Crippen molar-refractivity contribution in [3.05, 3.63) is 29.7 Å². The van der Waals surface area contributed by atoms with E-state index in [9.17, 15) is 0 Å². The van der Waals surface area contributed by atoms with Crippen LogP contribution in [0.2, 0.25) is 0 Å². The molecule has 0 aromatic carbocycles. The van der Waals surface area contributed by atoms with Crippen LogP contribution in [0.5, 0.6) is 0 Å². The van der Waals surface area contributed by atoms with Gasteiger partial charge in [0, 0.05) is 12.6 Å². The van der Waals surface area contributed by atoms with E-state index in [-0.39, 0.29) is 0 Å². The van der Waals surface area contributed by atoms with E-state index in [1.807, 2.05) is 12.3 Å². The van der Waals surface area contributed by atoms with Gasteiger partial charge in [-0.15, -0.1) is 10.2 Å². The fourth-order valence-corrected chi connectivity index (χ4v) is 1.75. The highest BCUT2D eigenvalue weighted by Gasteiger charge is 2.06. The molecular weight excluding hydrogens is 188 g/mol. The third-order valence-corrected chi connectivity index (χ3v) is 2.55. The summed E-state index contributed by atoms with van der Waals surface area (Å²) in [5, 5.41) is 8.38. The molecule has 2 aromatic rings. The summed E-state index contributed by atoms with van der Waals surface area (Å²) >= 11 is 0. The molecule has 4 nitrogen and oxygen atoms in total. The number of fused-ring (bicyclic) bond motifs is 1. The fraction of sp³-hybridized carbons (Fsp3) is 0.455. The fourth-order valence-electron chi connectivity index (χ4n) is 1.75. The number of nitrogens with two attached hydrogens (primary N) is 1. The van der Waals surface area contributed by atoms with E-state index >= 15 is 0 Å².